The Bertz CT molecular complexity index is 480. The molecule has 0 aromatic heterocycles. The zero-order chi connectivity index (χ0) is 14.5. The second kappa shape index (κ2) is 6.60. The Labute approximate surface area is 121 Å². The number of carbonyl (C=O) groups excluding carboxylic acids is 1. The predicted octanol–water partition coefficient (Wildman–Crippen LogP) is 3.37. The molecule has 1 aliphatic rings. The number of carbonyl (C=O) groups is 1. The lowest BCUT2D eigenvalue weighted by Crippen LogP contribution is -2.33. The summed E-state index contributed by atoms with van der Waals surface area (Å²) >= 11 is 0. The van der Waals surface area contributed by atoms with E-state index in [4.69, 9.17) is 4.74 Å². The summed E-state index contributed by atoms with van der Waals surface area (Å²) in [7, 11) is 1.92. The summed E-state index contributed by atoms with van der Waals surface area (Å²) in [5.41, 5.74) is 1.03. The van der Waals surface area contributed by atoms with Gasteiger partial charge >= 0.3 is 0 Å². The van der Waals surface area contributed by atoms with E-state index in [0.29, 0.717) is 12.6 Å². The number of hydrogen-bond donors (Lipinski definition) is 0. The molecule has 0 spiro atoms. The zero-order valence-corrected chi connectivity index (χ0v) is 12.3. The lowest BCUT2D eigenvalue weighted by molar-refractivity contribution is -0.132. The molecule has 1 aliphatic carbocycles. The average molecular weight is 273 g/mol. The lowest BCUT2D eigenvalue weighted by Gasteiger charge is -2.23. The Morgan fingerprint density at radius 1 is 1.55 bits per heavy atom. The van der Waals surface area contributed by atoms with Crippen LogP contribution < -0.4 is 4.74 Å². The Balaban J connectivity index is 2.13. The van der Waals surface area contributed by atoms with Gasteiger partial charge in [0.15, 0.2) is 0 Å². The second-order valence-corrected chi connectivity index (χ2v) is 5.31. The van der Waals surface area contributed by atoms with Gasteiger partial charge < -0.3 is 9.64 Å². The summed E-state index contributed by atoms with van der Waals surface area (Å²) in [5, 5.41) is 0. The SMILES string of the molecule is C=CCOc1cccc(C(CC)C(=O)N(C)C2CC2)c1. The van der Waals surface area contributed by atoms with Crippen LogP contribution in [0.1, 0.15) is 37.7 Å². The van der Waals surface area contributed by atoms with E-state index in [1.165, 1.54) is 0 Å². The fourth-order valence-electron chi connectivity index (χ4n) is 2.42. The molecule has 1 amide bonds. The van der Waals surface area contributed by atoms with Gasteiger partial charge in [-0.25, -0.2) is 0 Å². The third-order valence-corrected chi connectivity index (χ3v) is 3.78. The van der Waals surface area contributed by atoms with Crippen LogP contribution in [0.15, 0.2) is 36.9 Å². The van der Waals surface area contributed by atoms with Gasteiger partial charge in [0.2, 0.25) is 5.91 Å². The van der Waals surface area contributed by atoms with Gasteiger partial charge in [-0.05, 0) is 37.0 Å². The minimum absolute atomic E-state index is 0.0760. The van der Waals surface area contributed by atoms with Crippen molar-refractivity contribution in [1.82, 2.24) is 4.90 Å². The van der Waals surface area contributed by atoms with E-state index in [9.17, 15) is 4.79 Å². The molecule has 1 atom stereocenters. The lowest BCUT2D eigenvalue weighted by atomic mass is 9.95. The van der Waals surface area contributed by atoms with E-state index in [2.05, 4.69) is 13.5 Å². The van der Waals surface area contributed by atoms with Gasteiger partial charge in [-0.1, -0.05) is 31.7 Å². The van der Waals surface area contributed by atoms with Crippen LogP contribution >= 0.6 is 0 Å². The molecule has 0 heterocycles. The van der Waals surface area contributed by atoms with E-state index < -0.39 is 0 Å². The highest BCUT2D eigenvalue weighted by molar-refractivity contribution is 5.84. The van der Waals surface area contributed by atoms with Crippen molar-refractivity contribution in [3.05, 3.63) is 42.5 Å². The fourth-order valence-corrected chi connectivity index (χ4v) is 2.42. The van der Waals surface area contributed by atoms with Crippen LogP contribution in [0.2, 0.25) is 0 Å². The van der Waals surface area contributed by atoms with Crippen molar-refractivity contribution in [2.75, 3.05) is 13.7 Å². The summed E-state index contributed by atoms with van der Waals surface area (Å²) in [6, 6.07) is 8.29. The largest absolute Gasteiger partial charge is 0.490 e. The van der Waals surface area contributed by atoms with Gasteiger partial charge in [-0.3, -0.25) is 4.79 Å². The molecule has 0 bridgehead atoms. The Kier molecular flexibility index (Phi) is 4.83. The first-order valence-electron chi connectivity index (χ1n) is 7.27. The molecule has 3 nitrogen and oxygen atoms in total. The van der Waals surface area contributed by atoms with E-state index in [1.54, 1.807) is 6.08 Å². The first kappa shape index (κ1) is 14.6. The number of amides is 1. The topological polar surface area (TPSA) is 29.5 Å². The highest BCUT2D eigenvalue weighted by Crippen LogP contribution is 2.31. The number of rotatable bonds is 7. The van der Waals surface area contributed by atoms with Crippen molar-refractivity contribution >= 4 is 5.91 Å². The second-order valence-electron chi connectivity index (χ2n) is 5.31. The van der Waals surface area contributed by atoms with Crippen molar-refractivity contribution in [2.24, 2.45) is 0 Å². The molecule has 3 heteroatoms. The van der Waals surface area contributed by atoms with E-state index in [-0.39, 0.29) is 11.8 Å². The monoisotopic (exact) mass is 273 g/mol. The quantitative estimate of drug-likeness (QED) is 0.713. The predicted molar refractivity (Wildman–Crippen MR) is 81.0 cm³/mol. The highest BCUT2D eigenvalue weighted by atomic mass is 16.5. The molecule has 1 saturated carbocycles. The molecule has 0 saturated heterocycles. The molecule has 1 aromatic rings. The molecule has 2 rings (SSSR count). The number of likely N-dealkylation sites (N-methyl/N-ethyl adjacent to an activating group) is 1. The molecule has 20 heavy (non-hydrogen) atoms. The molecular formula is C17H23NO2. The maximum Gasteiger partial charge on any atom is 0.230 e. The van der Waals surface area contributed by atoms with Crippen LogP contribution in [-0.2, 0) is 4.79 Å². The van der Waals surface area contributed by atoms with Crippen molar-refractivity contribution in [1.29, 1.82) is 0 Å². The van der Waals surface area contributed by atoms with Gasteiger partial charge in [0.25, 0.3) is 0 Å². The Morgan fingerprint density at radius 3 is 2.90 bits per heavy atom. The van der Waals surface area contributed by atoms with Crippen LogP contribution in [0.25, 0.3) is 0 Å². The van der Waals surface area contributed by atoms with Crippen LogP contribution in [0.4, 0.5) is 0 Å². The van der Waals surface area contributed by atoms with Gasteiger partial charge in [0, 0.05) is 13.1 Å². The third-order valence-electron chi connectivity index (χ3n) is 3.78. The van der Waals surface area contributed by atoms with Crippen molar-refractivity contribution < 1.29 is 9.53 Å². The smallest absolute Gasteiger partial charge is 0.230 e. The van der Waals surface area contributed by atoms with Crippen LogP contribution in [0, 0.1) is 0 Å². The van der Waals surface area contributed by atoms with E-state index in [0.717, 1.165) is 30.6 Å². The van der Waals surface area contributed by atoms with Crippen LogP contribution in [0.5, 0.6) is 5.75 Å². The third kappa shape index (κ3) is 3.41. The normalized spacial score (nSPS) is 15.5. The molecular weight excluding hydrogens is 250 g/mol. The molecule has 1 fully saturated rings. The van der Waals surface area contributed by atoms with Gasteiger partial charge in [-0.2, -0.15) is 0 Å². The maximum atomic E-state index is 12.6. The highest BCUT2D eigenvalue weighted by Gasteiger charge is 2.33. The standard InChI is InChI=1S/C17H23NO2/c1-4-11-20-15-8-6-7-13(12-15)16(5-2)17(19)18(3)14-9-10-14/h4,6-8,12,14,16H,1,5,9-11H2,2-3H3. The first-order valence-corrected chi connectivity index (χ1v) is 7.27. The molecule has 0 radical (unpaired) electrons. The van der Waals surface area contributed by atoms with Gasteiger partial charge in [0.1, 0.15) is 12.4 Å². The van der Waals surface area contributed by atoms with Crippen molar-refractivity contribution in [3.63, 3.8) is 0 Å². The van der Waals surface area contributed by atoms with E-state index >= 15 is 0 Å². The van der Waals surface area contributed by atoms with Gasteiger partial charge in [0.05, 0.1) is 5.92 Å². The average Bonchev–Trinajstić information content (AvgIpc) is 3.30. The first-order chi connectivity index (χ1) is 9.67. The summed E-state index contributed by atoms with van der Waals surface area (Å²) in [6.07, 6.45) is 4.80. The van der Waals surface area contributed by atoms with Crippen LogP contribution in [0.3, 0.4) is 0 Å². The number of ether oxygens (including phenoxy) is 1. The Hall–Kier alpha value is -1.77. The Morgan fingerprint density at radius 2 is 2.30 bits per heavy atom. The minimum Gasteiger partial charge on any atom is -0.490 e. The fraction of sp³-hybridized carbons (Fsp3) is 0.471. The number of hydrogen-bond acceptors (Lipinski definition) is 2. The van der Waals surface area contributed by atoms with Crippen molar-refractivity contribution in [2.45, 2.75) is 38.1 Å². The minimum atomic E-state index is -0.0760. The maximum absolute atomic E-state index is 12.6. The molecule has 1 aromatic carbocycles. The van der Waals surface area contributed by atoms with Crippen molar-refractivity contribution in [3.8, 4) is 5.75 Å². The number of benzene rings is 1. The number of nitrogens with zero attached hydrogens (tertiary/aromatic N) is 1. The molecule has 0 N–H and O–H groups in total. The molecule has 0 aliphatic heterocycles. The van der Waals surface area contributed by atoms with Gasteiger partial charge in [-0.15, -0.1) is 0 Å². The van der Waals surface area contributed by atoms with E-state index in [1.807, 2.05) is 36.2 Å². The zero-order valence-electron chi connectivity index (χ0n) is 12.3. The van der Waals surface area contributed by atoms with Crippen LogP contribution in [-0.4, -0.2) is 30.5 Å². The summed E-state index contributed by atoms with van der Waals surface area (Å²) < 4.78 is 5.55. The molecule has 108 valence electrons. The summed E-state index contributed by atoms with van der Waals surface area (Å²) in [6.45, 7) is 6.18. The molecule has 1 unspecified atom stereocenters. The summed E-state index contributed by atoms with van der Waals surface area (Å²) in [4.78, 5) is 14.5. The summed E-state index contributed by atoms with van der Waals surface area (Å²) in [5.74, 6) is 0.937.